The molecule has 0 aliphatic rings. The summed E-state index contributed by atoms with van der Waals surface area (Å²) in [5.41, 5.74) is 0.527. The third-order valence-corrected chi connectivity index (χ3v) is 4.25. The van der Waals surface area contributed by atoms with Gasteiger partial charge in [-0.2, -0.15) is 17.4 Å². The molecule has 0 atom stereocenters. The molecule has 0 unspecified atom stereocenters. The van der Waals surface area contributed by atoms with Crippen molar-refractivity contribution in [3.63, 3.8) is 0 Å². The fourth-order valence-electron chi connectivity index (χ4n) is 1.44. The van der Waals surface area contributed by atoms with E-state index in [4.69, 9.17) is 5.11 Å². The number of carboxylic acid groups (broad SMARTS) is 1. The van der Waals surface area contributed by atoms with Crippen LogP contribution in [0.1, 0.15) is 35.8 Å². The molecule has 0 saturated heterocycles. The molecule has 0 radical (unpaired) electrons. The molecular weight excluding hydrogens is 282 g/mol. The van der Waals surface area contributed by atoms with E-state index >= 15 is 0 Å². The van der Waals surface area contributed by atoms with Gasteiger partial charge in [0.25, 0.3) is 10.2 Å². The molecule has 1 aromatic heterocycles. The molecule has 0 aliphatic carbocycles. The van der Waals surface area contributed by atoms with Gasteiger partial charge in [0.1, 0.15) is 5.69 Å². The van der Waals surface area contributed by atoms with Crippen LogP contribution < -0.4 is 4.72 Å². The molecule has 1 aromatic rings. The van der Waals surface area contributed by atoms with Gasteiger partial charge in [0, 0.05) is 26.3 Å². The van der Waals surface area contributed by atoms with Crippen LogP contribution in [0.25, 0.3) is 0 Å². The molecule has 0 saturated carbocycles. The predicted molar refractivity (Wildman–Crippen MR) is 74.5 cm³/mol. The molecule has 1 heterocycles. The van der Waals surface area contributed by atoms with Crippen LogP contribution in [-0.2, 0) is 16.8 Å². The summed E-state index contributed by atoms with van der Waals surface area (Å²) in [6.45, 7) is 2.53. The van der Waals surface area contributed by atoms with Gasteiger partial charge in [-0.15, -0.1) is 0 Å². The molecule has 0 amide bonds. The van der Waals surface area contributed by atoms with Crippen molar-refractivity contribution in [3.8, 4) is 0 Å². The number of nitrogens with one attached hydrogen (secondary N) is 1. The first kappa shape index (κ1) is 16.5. The smallest absolute Gasteiger partial charge is 0.354 e. The number of hydrogen-bond donors (Lipinski definition) is 2. The second-order valence-electron chi connectivity index (χ2n) is 4.36. The first-order valence-electron chi connectivity index (χ1n) is 6.26. The highest BCUT2D eigenvalue weighted by atomic mass is 32.2. The van der Waals surface area contributed by atoms with Gasteiger partial charge in [0.05, 0.1) is 0 Å². The maximum atomic E-state index is 11.9. The monoisotopic (exact) mass is 301 g/mol. The van der Waals surface area contributed by atoms with E-state index in [0.29, 0.717) is 12.1 Å². The second-order valence-corrected chi connectivity index (χ2v) is 6.22. The average Bonchev–Trinajstić information content (AvgIpc) is 2.43. The van der Waals surface area contributed by atoms with E-state index in [2.05, 4.69) is 9.71 Å². The summed E-state index contributed by atoms with van der Waals surface area (Å²) in [4.78, 5) is 14.4. The standard InChI is InChI=1S/C12H19N3O4S/c1-3-4-7-15(2)20(18,19)14-9-10-5-6-11(12(16)17)13-8-10/h5-6,8,14H,3-4,7,9H2,1-2H3,(H,16,17). The Morgan fingerprint density at radius 2 is 2.15 bits per heavy atom. The van der Waals surface area contributed by atoms with Gasteiger partial charge in [-0.25, -0.2) is 9.78 Å². The van der Waals surface area contributed by atoms with E-state index in [1.807, 2.05) is 6.92 Å². The lowest BCUT2D eigenvalue weighted by atomic mass is 10.2. The van der Waals surface area contributed by atoms with Crippen LogP contribution in [0, 0.1) is 0 Å². The number of carboxylic acids is 1. The topological polar surface area (TPSA) is 99.6 Å². The van der Waals surface area contributed by atoms with Gasteiger partial charge in [0.15, 0.2) is 0 Å². The Balaban J connectivity index is 2.59. The molecule has 0 spiro atoms. The highest BCUT2D eigenvalue weighted by molar-refractivity contribution is 7.87. The number of unbranched alkanes of at least 4 members (excludes halogenated alkanes) is 1. The Hall–Kier alpha value is -1.51. The van der Waals surface area contributed by atoms with Crippen LogP contribution in [-0.4, -0.2) is 42.4 Å². The normalized spacial score (nSPS) is 11.8. The van der Waals surface area contributed by atoms with E-state index in [-0.39, 0.29) is 12.2 Å². The highest BCUT2D eigenvalue weighted by Crippen LogP contribution is 2.03. The average molecular weight is 301 g/mol. The van der Waals surface area contributed by atoms with E-state index < -0.39 is 16.2 Å². The van der Waals surface area contributed by atoms with Gasteiger partial charge in [-0.3, -0.25) is 0 Å². The first-order chi connectivity index (χ1) is 9.36. The summed E-state index contributed by atoms with van der Waals surface area (Å²) < 4.78 is 27.5. The lowest BCUT2D eigenvalue weighted by Gasteiger charge is -2.17. The number of hydrogen-bond acceptors (Lipinski definition) is 4. The van der Waals surface area contributed by atoms with Crippen molar-refractivity contribution in [2.75, 3.05) is 13.6 Å². The second kappa shape index (κ2) is 7.32. The maximum Gasteiger partial charge on any atom is 0.354 e. The molecule has 0 fully saturated rings. The predicted octanol–water partition coefficient (Wildman–Crippen LogP) is 0.846. The summed E-state index contributed by atoms with van der Waals surface area (Å²) in [5, 5.41) is 8.71. The van der Waals surface area contributed by atoms with Crippen molar-refractivity contribution >= 4 is 16.2 Å². The molecule has 0 bridgehead atoms. The molecule has 0 aliphatic heterocycles. The van der Waals surface area contributed by atoms with Crippen LogP contribution in [0.2, 0.25) is 0 Å². The van der Waals surface area contributed by atoms with Crippen LogP contribution in [0.15, 0.2) is 18.3 Å². The highest BCUT2D eigenvalue weighted by Gasteiger charge is 2.16. The van der Waals surface area contributed by atoms with E-state index in [0.717, 1.165) is 12.8 Å². The van der Waals surface area contributed by atoms with Gasteiger partial charge < -0.3 is 5.11 Å². The summed E-state index contributed by atoms with van der Waals surface area (Å²) in [6, 6.07) is 2.87. The maximum absolute atomic E-state index is 11.9. The Bertz CT molecular complexity index is 542. The van der Waals surface area contributed by atoms with Crippen molar-refractivity contribution in [1.29, 1.82) is 0 Å². The number of rotatable bonds is 8. The Kier molecular flexibility index (Phi) is 6.05. The van der Waals surface area contributed by atoms with Crippen LogP contribution in [0.5, 0.6) is 0 Å². The molecule has 112 valence electrons. The zero-order valence-electron chi connectivity index (χ0n) is 11.5. The lowest BCUT2D eigenvalue weighted by molar-refractivity contribution is 0.0690. The van der Waals surface area contributed by atoms with Crippen LogP contribution in [0.3, 0.4) is 0 Å². The molecule has 1 rings (SSSR count). The Labute approximate surface area is 118 Å². The lowest BCUT2D eigenvalue weighted by Crippen LogP contribution is -2.38. The van der Waals surface area contributed by atoms with Gasteiger partial charge >= 0.3 is 5.97 Å². The van der Waals surface area contributed by atoms with E-state index in [9.17, 15) is 13.2 Å². The Morgan fingerprint density at radius 3 is 2.65 bits per heavy atom. The number of aromatic carboxylic acids is 1. The number of carbonyl (C=O) groups is 1. The largest absolute Gasteiger partial charge is 0.477 e. The van der Waals surface area contributed by atoms with Crippen molar-refractivity contribution < 1.29 is 18.3 Å². The number of nitrogens with zero attached hydrogens (tertiary/aromatic N) is 2. The molecule has 7 nitrogen and oxygen atoms in total. The number of pyridine rings is 1. The van der Waals surface area contributed by atoms with Crippen LogP contribution >= 0.6 is 0 Å². The third-order valence-electron chi connectivity index (χ3n) is 2.74. The molecule has 0 aromatic carbocycles. The third kappa shape index (κ3) is 4.87. The Morgan fingerprint density at radius 1 is 1.45 bits per heavy atom. The fraction of sp³-hybridized carbons (Fsp3) is 0.500. The summed E-state index contributed by atoms with van der Waals surface area (Å²) >= 11 is 0. The molecule has 2 N–H and O–H groups in total. The fourth-order valence-corrected chi connectivity index (χ4v) is 2.38. The molecule has 8 heteroatoms. The molecule has 20 heavy (non-hydrogen) atoms. The zero-order chi connectivity index (χ0) is 15.2. The van der Waals surface area contributed by atoms with Crippen molar-refractivity contribution in [2.24, 2.45) is 0 Å². The van der Waals surface area contributed by atoms with Crippen molar-refractivity contribution in [3.05, 3.63) is 29.6 Å². The minimum Gasteiger partial charge on any atom is -0.477 e. The zero-order valence-corrected chi connectivity index (χ0v) is 12.4. The SMILES string of the molecule is CCCCN(C)S(=O)(=O)NCc1ccc(C(=O)O)nc1. The van der Waals surface area contributed by atoms with Crippen molar-refractivity contribution in [1.82, 2.24) is 14.0 Å². The quantitative estimate of drug-likeness (QED) is 0.741. The minimum atomic E-state index is -3.52. The summed E-state index contributed by atoms with van der Waals surface area (Å²) in [7, 11) is -2.00. The van der Waals surface area contributed by atoms with Gasteiger partial charge in [0.2, 0.25) is 0 Å². The van der Waals surface area contributed by atoms with E-state index in [1.165, 1.54) is 29.7 Å². The molecular formula is C12H19N3O4S. The van der Waals surface area contributed by atoms with Gasteiger partial charge in [-0.1, -0.05) is 19.4 Å². The summed E-state index contributed by atoms with van der Waals surface area (Å²) in [6.07, 6.45) is 3.06. The van der Waals surface area contributed by atoms with Gasteiger partial charge in [-0.05, 0) is 18.1 Å². The van der Waals surface area contributed by atoms with Crippen LogP contribution in [0.4, 0.5) is 0 Å². The summed E-state index contributed by atoms with van der Waals surface area (Å²) in [5.74, 6) is -1.11. The number of aromatic nitrogens is 1. The van der Waals surface area contributed by atoms with Crippen molar-refractivity contribution in [2.45, 2.75) is 26.3 Å². The first-order valence-corrected chi connectivity index (χ1v) is 7.70. The minimum absolute atomic E-state index is 0.0725. The van der Waals surface area contributed by atoms with E-state index in [1.54, 1.807) is 0 Å².